The normalized spacial score (nSPS) is 11.4. The van der Waals surface area contributed by atoms with Crippen molar-refractivity contribution in [3.05, 3.63) is 60.8 Å². The van der Waals surface area contributed by atoms with Crippen LogP contribution in [0, 0.1) is 0 Å². The van der Waals surface area contributed by atoms with Crippen molar-refractivity contribution in [2.24, 2.45) is 0 Å². The molecule has 0 saturated carbocycles. The van der Waals surface area contributed by atoms with E-state index in [0.29, 0.717) is 28.9 Å². The van der Waals surface area contributed by atoms with Gasteiger partial charge in [0.2, 0.25) is 0 Å². The summed E-state index contributed by atoms with van der Waals surface area (Å²) >= 11 is 0. The van der Waals surface area contributed by atoms with Crippen molar-refractivity contribution in [3.8, 4) is 5.75 Å². The fourth-order valence-corrected chi connectivity index (χ4v) is 4.37. The molecule has 1 aromatic heterocycles. The number of aromatic nitrogens is 1. The number of benzene rings is 2. The molecule has 0 bridgehead atoms. The van der Waals surface area contributed by atoms with Gasteiger partial charge in [0.05, 0.1) is 17.7 Å². The largest absolute Gasteiger partial charge is 0.494 e. The van der Waals surface area contributed by atoms with Gasteiger partial charge in [-0.05, 0) is 43.3 Å². The van der Waals surface area contributed by atoms with E-state index >= 15 is 0 Å². The van der Waals surface area contributed by atoms with Gasteiger partial charge in [-0.3, -0.25) is 9.29 Å². The van der Waals surface area contributed by atoms with Crippen molar-refractivity contribution in [2.45, 2.75) is 11.8 Å². The number of rotatable bonds is 5. The fraction of sp³-hybridized carbons (Fsp3) is 0.167. The summed E-state index contributed by atoms with van der Waals surface area (Å²) in [5.41, 5.74) is 1.16. The summed E-state index contributed by atoms with van der Waals surface area (Å²) < 4.78 is 33.2. The first kappa shape index (κ1) is 16.3. The highest BCUT2D eigenvalue weighted by molar-refractivity contribution is 7.93. The van der Waals surface area contributed by atoms with E-state index in [4.69, 9.17) is 4.74 Å². The van der Waals surface area contributed by atoms with Crippen LogP contribution in [0.4, 0.5) is 5.69 Å². The van der Waals surface area contributed by atoms with E-state index in [1.54, 1.807) is 49.7 Å². The van der Waals surface area contributed by atoms with Gasteiger partial charge in [0.25, 0.3) is 10.0 Å². The molecule has 2 aromatic carbocycles. The van der Waals surface area contributed by atoms with E-state index in [-0.39, 0.29) is 4.90 Å². The van der Waals surface area contributed by atoms with Crippen LogP contribution in [-0.4, -0.2) is 27.1 Å². The van der Waals surface area contributed by atoms with E-state index in [2.05, 4.69) is 4.98 Å². The average Bonchev–Trinajstić information content (AvgIpc) is 2.62. The Labute approximate surface area is 141 Å². The van der Waals surface area contributed by atoms with Gasteiger partial charge in [-0.15, -0.1) is 0 Å². The predicted molar refractivity (Wildman–Crippen MR) is 94.9 cm³/mol. The van der Waals surface area contributed by atoms with Gasteiger partial charge in [-0.25, -0.2) is 8.42 Å². The van der Waals surface area contributed by atoms with Gasteiger partial charge in [0.1, 0.15) is 11.3 Å². The Kier molecular flexibility index (Phi) is 4.40. The maximum absolute atomic E-state index is 13.2. The molecule has 0 fully saturated rings. The van der Waals surface area contributed by atoms with Crippen LogP contribution in [-0.2, 0) is 10.0 Å². The highest BCUT2D eigenvalue weighted by Gasteiger charge is 2.26. The van der Waals surface area contributed by atoms with Gasteiger partial charge in [0.15, 0.2) is 0 Å². The fourth-order valence-electron chi connectivity index (χ4n) is 2.71. The molecule has 0 spiro atoms. The Morgan fingerprint density at radius 2 is 1.79 bits per heavy atom. The third-order valence-electron chi connectivity index (χ3n) is 3.81. The number of para-hydroxylation sites is 1. The Bertz CT molecular complexity index is 956. The molecule has 1 heterocycles. The van der Waals surface area contributed by atoms with E-state index in [1.807, 2.05) is 25.1 Å². The molecule has 0 aliphatic rings. The summed E-state index contributed by atoms with van der Waals surface area (Å²) in [7, 11) is -2.18. The number of fused-ring (bicyclic) bond motifs is 1. The summed E-state index contributed by atoms with van der Waals surface area (Å²) in [5.74, 6) is 0.548. The lowest BCUT2D eigenvalue weighted by atomic mass is 10.2. The topological polar surface area (TPSA) is 59.5 Å². The lowest BCUT2D eigenvalue weighted by Gasteiger charge is -2.23. The molecule has 0 radical (unpaired) electrons. The monoisotopic (exact) mass is 342 g/mol. The molecule has 0 atom stereocenters. The van der Waals surface area contributed by atoms with Gasteiger partial charge in [-0.1, -0.05) is 18.2 Å². The smallest absolute Gasteiger partial charge is 0.264 e. The zero-order chi connectivity index (χ0) is 17.2. The molecule has 3 rings (SSSR count). The quantitative estimate of drug-likeness (QED) is 0.712. The second kappa shape index (κ2) is 6.49. The van der Waals surface area contributed by atoms with Crippen LogP contribution >= 0.6 is 0 Å². The zero-order valence-corrected chi connectivity index (χ0v) is 14.3. The number of sulfonamides is 1. The predicted octanol–water partition coefficient (Wildman–Crippen LogP) is 3.46. The van der Waals surface area contributed by atoms with Gasteiger partial charge in [0, 0.05) is 18.1 Å². The molecule has 3 aromatic rings. The molecule has 0 unspecified atom stereocenters. The van der Waals surface area contributed by atoms with Gasteiger partial charge >= 0.3 is 0 Å². The molecule has 0 aliphatic heterocycles. The summed E-state index contributed by atoms with van der Waals surface area (Å²) in [6.45, 7) is 2.15. The van der Waals surface area contributed by atoms with E-state index in [9.17, 15) is 8.42 Å². The van der Waals surface area contributed by atoms with Gasteiger partial charge in [-0.2, -0.15) is 0 Å². The van der Waals surface area contributed by atoms with E-state index in [0.717, 1.165) is 0 Å². The Morgan fingerprint density at radius 3 is 2.46 bits per heavy atom. The third kappa shape index (κ3) is 2.69. The summed E-state index contributed by atoms with van der Waals surface area (Å²) in [4.78, 5) is 4.50. The van der Waals surface area contributed by atoms with Crippen molar-refractivity contribution in [3.63, 3.8) is 0 Å². The van der Waals surface area contributed by atoms with Crippen molar-refractivity contribution in [1.82, 2.24) is 4.98 Å². The minimum absolute atomic E-state index is 0.220. The molecule has 0 N–H and O–H groups in total. The molecular formula is C18H18N2O3S. The van der Waals surface area contributed by atoms with Crippen molar-refractivity contribution in [2.75, 3.05) is 18.0 Å². The first-order valence-electron chi connectivity index (χ1n) is 7.59. The Hall–Kier alpha value is -2.60. The second-order valence-electron chi connectivity index (χ2n) is 5.17. The SMILES string of the molecule is CCN(c1ccccc1)S(=O)(=O)c1ccc(OC)c2ncccc12. The molecular weight excluding hydrogens is 324 g/mol. The van der Waals surface area contributed by atoms with Crippen LogP contribution in [0.15, 0.2) is 65.7 Å². The van der Waals surface area contributed by atoms with Crippen LogP contribution in [0.25, 0.3) is 10.9 Å². The second-order valence-corrected chi connectivity index (χ2v) is 7.00. The minimum Gasteiger partial charge on any atom is -0.494 e. The molecule has 24 heavy (non-hydrogen) atoms. The van der Waals surface area contributed by atoms with Crippen molar-refractivity contribution in [1.29, 1.82) is 0 Å². The summed E-state index contributed by atoms with van der Waals surface area (Å²) in [5, 5.41) is 0.547. The molecule has 124 valence electrons. The lowest BCUT2D eigenvalue weighted by molar-refractivity contribution is 0.418. The van der Waals surface area contributed by atoms with E-state index in [1.165, 1.54) is 4.31 Å². The summed E-state index contributed by atoms with van der Waals surface area (Å²) in [6.07, 6.45) is 1.62. The number of hydrogen-bond acceptors (Lipinski definition) is 4. The van der Waals surface area contributed by atoms with Crippen LogP contribution in [0.5, 0.6) is 5.75 Å². The van der Waals surface area contributed by atoms with E-state index < -0.39 is 10.0 Å². The molecule has 6 heteroatoms. The Morgan fingerprint density at radius 1 is 1.04 bits per heavy atom. The van der Waals surface area contributed by atoms with Crippen LogP contribution in [0.3, 0.4) is 0 Å². The maximum atomic E-state index is 13.2. The van der Waals surface area contributed by atoms with Gasteiger partial charge < -0.3 is 4.74 Å². The van der Waals surface area contributed by atoms with Crippen LogP contribution < -0.4 is 9.04 Å². The van der Waals surface area contributed by atoms with Crippen LogP contribution in [0.1, 0.15) is 6.92 Å². The highest BCUT2D eigenvalue weighted by Crippen LogP contribution is 2.32. The Balaban J connectivity index is 2.22. The first-order chi connectivity index (χ1) is 11.6. The number of methoxy groups -OCH3 is 1. The molecule has 0 saturated heterocycles. The standard InChI is InChI=1S/C18H18N2O3S/c1-3-20(14-8-5-4-6-9-14)24(21,22)17-12-11-16(23-2)18-15(17)10-7-13-19-18/h4-13H,3H2,1-2H3. The number of ether oxygens (including phenoxy) is 1. The molecule has 0 amide bonds. The van der Waals surface area contributed by atoms with Crippen molar-refractivity contribution < 1.29 is 13.2 Å². The highest BCUT2D eigenvalue weighted by atomic mass is 32.2. The lowest BCUT2D eigenvalue weighted by Crippen LogP contribution is -2.30. The van der Waals surface area contributed by atoms with Crippen molar-refractivity contribution >= 4 is 26.6 Å². The van der Waals surface area contributed by atoms with Crippen LogP contribution in [0.2, 0.25) is 0 Å². The maximum Gasteiger partial charge on any atom is 0.264 e. The number of anilines is 1. The third-order valence-corrected chi connectivity index (χ3v) is 5.77. The average molecular weight is 342 g/mol. The minimum atomic E-state index is -3.72. The number of nitrogens with zero attached hydrogens (tertiary/aromatic N) is 2. The molecule has 0 aliphatic carbocycles. The number of pyridine rings is 1. The summed E-state index contributed by atoms with van der Waals surface area (Å²) in [6, 6.07) is 15.7. The zero-order valence-electron chi connectivity index (χ0n) is 13.5. The number of hydrogen-bond donors (Lipinski definition) is 0. The molecule has 5 nitrogen and oxygen atoms in total. The first-order valence-corrected chi connectivity index (χ1v) is 9.03.